The van der Waals surface area contributed by atoms with Crippen molar-refractivity contribution in [3.63, 3.8) is 0 Å². The van der Waals surface area contributed by atoms with Gasteiger partial charge in [0.2, 0.25) is 5.91 Å². The van der Waals surface area contributed by atoms with E-state index in [1.165, 1.54) is 0 Å². The predicted octanol–water partition coefficient (Wildman–Crippen LogP) is 3.23. The van der Waals surface area contributed by atoms with Crippen LogP contribution < -0.4 is 5.32 Å². The van der Waals surface area contributed by atoms with Gasteiger partial charge in [-0.15, -0.1) is 0 Å². The molecule has 0 saturated carbocycles. The maximum Gasteiger partial charge on any atom is 0.410 e. The number of rotatable bonds is 7. The van der Waals surface area contributed by atoms with Crippen molar-refractivity contribution < 1.29 is 14.3 Å². The zero-order valence-corrected chi connectivity index (χ0v) is 15.0. The Morgan fingerprint density at radius 3 is 2.50 bits per heavy atom. The van der Waals surface area contributed by atoms with Crippen LogP contribution in [0.5, 0.6) is 0 Å². The van der Waals surface area contributed by atoms with Crippen LogP contribution in [0, 0.1) is 5.92 Å². The van der Waals surface area contributed by atoms with E-state index in [0.717, 1.165) is 19.3 Å². The zero-order valence-electron chi connectivity index (χ0n) is 15.0. The fourth-order valence-electron chi connectivity index (χ4n) is 2.54. The quantitative estimate of drug-likeness (QED) is 0.333. The molecule has 0 spiro atoms. The Labute approximate surface area is 143 Å². The SMILES string of the molecule is CC(C)(C)OC(=O)N1CCC(C(=O)NCCCCCN=[N+]=[N-])CC1. The van der Waals surface area contributed by atoms with Gasteiger partial charge >= 0.3 is 6.09 Å². The van der Waals surface area contributed by atoms with Crippen molar-refractivity contribution in [2.24, 2.45) is 11.0 Å². The number of hydrogen-bond donors (Lipinski definition) is 1. The molecular formula is C16H29N5O3. The highest BCUT2D eigenvalue weighted by Gasteiger charge is 2.29. The number of nitrogens with one attached hydrogen (secondary N) is 1. The summed E-state index contributed by atoms with van der Waals surface area (Å²) in [4.78, 5) is 28.5. The van der Waals surface area contributed by atoms with Crippen LogP contribution in [0.1, 0.15) is 52.9 Å². The van der Waals surface area contributed by atoms with Crippen LogP contribution >= 0.6 is 0 Å². The van der Waals surface area contributed by atoms with Gasteiger partial charge in [-0.2, -0.15) is 0 Å². The van der Waals surface area contributed by atoms with Gasteiger partial charge in [0.1, 0.15) is 5.60 Å². The molecule has 1 rings (SSSR count). The topological polar surface area (TPSA) is 107 Å². The molecule has 0 bridgehead atoms. The Balaban J connectivity index is 2.19. The van der Waals surface area contributed by atoms with Crippen molar-refractivity contribution in [2.45, 2.75) is 58.5 Å². The Morgan fingerprint density at radius 2 is 1.92 bits per heavy atom. The fourth-order valence-corrected chi connectivity index (χ4v) is 2.54. The first kappa shape index (κ1) is 20.1. The smallest absolute Gasteiger partial charge is 0.410 e. The molecule has 136 valence electrons. The summed E-state index contributed by atoms with van der Waals surface area (Å²) in [6.45, 7) is 7.79. The van der Waals surface area contributed by atoms with Crippen LogP contribution in [-0.2, 0) is 9.53 Å². The number of carbonyl (C=O) groups excluding carboxylic acids is 2. The number of carbonyl (C=O) groups is 2. The van der Waals surface area contributed by atoms with Gasteiger partial charge in [-0.05, 0) is 52.0 Å². The fraction of sp³-hybridized carbons (Fsp3) is 0.875. The minimum absolute atomic E-state index is 0.0353. The number of ether oxygens (including phenoxy) is 1. The van der Waals surface area contributed by atoms with Gasteiger partial charge in [0.15, 0.2) is 0 Å². The molecule has 1 aliphatic rings. The van der Waals surface area contributed by atoms with Crippen molar-refractivity contribution in [3.8, 4) is 0 Å². The number of likely N-dealkylation sites (tertiary alicyclic amines) is 1. The minimum atomic E-state index is -0.496. The molecule has 8 nitrogen and oxygen atoms in total. The van der Waals surface area contributed by atoms with Gasteiger partial charge in [-0.25, -0.2) is 4.79 Å². The molecule has 1 saturated heterocycles. The zero-order chi connectivity index (χ0) is 18.0. The van der Waals surface area contributed by atoms with E-state index < -0.39 is 5.60 Å². The summed E-state index contributed by atoms with van der Waals surface area (Å²) in [7, 11) is 0. The average Bonchev–Trinajstić information content (AvgIpc) is 2.52. The highest BCUT2D eigenvalue weighted by Crippen LogP contribution is 2.19. The molecule has 0 unspecified atom stereocenters. The first-order chi connectivity index (χ1) is 11.3. The summed E-state index contributed by atoms with van der Waals surface area (Å²) in [5, 5.41) is 6.42. The monoisotopic (exact) mass is 339 g/mol. The van der Waals surface area contributed by atoms with E-state index in [0.29, 0.717) is 39.0 Å². The third kappa shape index (κ3) is 8.06. The lowest BCUT2D eigenvalue weighted by molar-refractivity contribution is -0.126. The number of piperidine rings is 1. The maximum absolute atomic E-state index is 12.1. The minimum Gasteiger partial charge on any atom is -0.444 e. The van der Waals surface area contributed by atoms with Crippen LogP contribution in [-0.4, -0.2) is 48.7 Å². The summed E-state index contributed by atoms with van der Waals surface area (Å²) in [5.74, 6) is 0.0285. The lowest BCUT2D eigenvalue weighted by Gasteiger charge is -2.32. The standard InChI is InChI=1S/C16H29N5O3/c1-16(2,3)24-15(23)21-11-7-13(8-12-21)14(22)18-9-5-4-6-10-19-20-17/h13H,4-12H2,1-3H3,(H,18,22). The summed E-state index contributed by atoms with van der Waals surface area (Å²) in [5.41, 5.74) is 7.67. The molecule has 2 amide bonds. The van der Waals surface area contributed by atoms with Gasteiger partial charge < -0.3 is 15.0 Å². The molecule has 1 heterocycles. The normalized spacial score (nSPS) is 15.5. The third-order valence-electron chi connectivity index (χ3n) is 3.81. The Bertz CT molecular complexity index is 461. The highest BCUT2D eigenvalue weighted by molar-refractivity contribution is 5.79. The van der Waals surface area contributed by atoms with Crippen LogP contribution in [0.4, 0.5) is 4.79 Å². The molecule has 0 aromatic rings. The van der Waals surface area contributed by atoms with E-state index in [-0.39, 0.29) is 17.9 Å². The lowest BCUT2D eigenvalue weighted by Crippen LogP contribution is -2.45. The number of nitrogens with zero attached hydrogens (tertiary/aromatic N) is 4. The summed E-state index contributed by atoms with van der Waals surface area (Å²) < 4.78 is 5.35. The molecule has 8 heteroatoms. The molecule has 24 heavy (non-hydrogen) atoms. The van der Waals surface area contributed by atoms with Crippen LogP contribution in [0.3, 0.4) is 0 Å². The lowest BCUT2D eigenvalue weighted by atomic mass is 9.96. The first-order valence-corrected chi connectivity index (χ1v) is 8.60. The van der Waals surface area contributed by atoms with Crippen LogP contribution in [0.2, 0.25) is 0 Å². The average molecular weight is 339 g/mol. The van der Waals surface area contributed by atoms with Gasteiger partial charge in [-0.3, -0.25) is 4.79 Å². The highest BCUT2D eigenvalue weighted by atomic mass is 16.6. The molecule has 0 aromatic carbocycles. The second-order valence-electron chi connectivity index (χ2n) is 7.05. The molecule has 0 aliphatic carbocycles. The van der Waals surface area contributed by atoms with Crippen molar-refractivity contribution in [1.29, 1.82) is 0 Å². The van der Waals surface area contributed by atoms with Crippen molar-refractivity contribution in [1.82, 2.24) is 10.2 Å². The molecule has 1 fully saturated rings. The second kappa shape index (κ2) is 10.0. The molecule has 0 atom stereocenters. The van der Waals surface area contributed by atoms with Crippen LogP contribution in [0.15, 0.2) is 5.11 Å². The maximum atomic E-state index is 12.1. The number of hydrogen-bond acceptors (Lipinski definition) is 4. The second-order valence-corrected chi connectivity index (χ2v) is 7.05. The van der Waals surface area contributed by atoms with E-state index in [2.05, 4.69) is 15.3 Å². The molecule has 1 aliphatic heterocycles. The largest absolute Gasteiger partial charge is 0.444 e. The van der Waals surface area contributed by atoms with E-state index in [1.54, 1.807) is 4.90 Å². The van der Waals surface area contributed by atoms with E-state index >= 15 is 0 Å². The Kier molecular flexibility index (Phi) is 8.40. The number of unbranched alkanes of at least 4 members (excludes halogenated alkanes) is 2. The van der Waals surface area contributed by atoms with E-state index in [9.17, 15) is 9.59 Å². The molecule has 0 radical (unpaired) electrons. The first-order valence-electron chi connectivity index (χ1n) is 8.60. The number of azide groups is 1. The Hall–Kier alpha value is -1.95. The summed E-state index contributed by atoms with van der Waals surface area (Å²) >= 11 is 0. The van der Waals surface area contributed by atoms with E-state index in [4.69, 9.17) is 10.3 Å². The van der Waals surface area contributed by atoms with Gasteiger partial charge in [-0.1, -0.05) is 11.5 Å². The predicted molar refractivity (Wildman–Crippen MR) is 91.4 cm³/mol. The molecular weight excluding hydrogens is 310 g/mol. The third-order valence-corrected chi connectivity index (χ3v) is 3.81. The van der Waals surface area contributed by atoms with E-state index in [1.807, 2.05) is 20.8 Å². The van der Waals surface area contributed by atoms with Crippen molar-refractivity contribution in [3.05, 3.63) is 10.4 Å². The Morgan fingerprint density at radius 1 is 1.25 bits per heavy atom. The summed E-state index contributed by atoms with van der Waals surface area (Å²) in [6, 6.07) is 0. The molecule has 0 aromatic heterocycles. The van der Waals surface area contributed by atoms with Crippen molar-refractivity contribution in [2.75, 3.05) is 26.2 Å². The van der Waals surface area contributed by atoms with Gasteiger partial charge in [0.05, 0.1) is 0 Å². The van der Waals surface area contributed by atoms with Crippen LogP contribution in [0.25, 0.3) is 10.4 Å². The molecule has 1 N–H and O–H groups in total. The summed E-state index contributed by atoms with van der Waals surface area (Å²) in [6.07, 6.45) is 3.68. The number of amides is 2. The van der Waals surface area contributed by atoms with Gasteiger partial charge in [0, 0.05) is 37.0 Å². The van der Waals surface area contributed by atoms with Gasteiger partial charge in [0.25, 0.3) is 0 Å². The van der Waals surface area contributed by atoms with Crippen molar-refractivity contribution >= 4 is 12.0 Å².